The number of para-hydroxylation sites is 1. The van der Waals surface area contributed by atoms with E-state index in [0.29, 0.717) is 83.9 Å². The Morgan fingerprint density at radius 2 is 1.39 bits per heavy atom. The standard InChI is InChI=1S/C84H95N13O16/c1-47(2)74(90-72(100)42-87-71(99)41-86-70(98)27-28-73(101)94-43-52-15-10-11-16-57(52)75-76(58-17-12-13-18-63(58)94)97(92-91-75)83(5,6)61-33-48(61)3)78(103)88-49(4)77(102)89-54-23-19-50(20-24-54)45-113-82(107)96-64-38-69(67(110-9)36-60(64)80(105)95-46-84(29-30-84)39-65(95)81(96)106)112-32-14-31-111-68-37-62-59(35-66(68)109-8)79(104)93-44-53(34-55(93)40-85-62)51-21-25-56(108-7)26-22-51/h10-13,15-26,35-38,44,47-49,55,61,65,74,81,85,106H,14,27-34,39-43,45-46H2,1-9H3,(H,86,98)(H,87,99)(H,88,103)(H,89,102)(H,90,100)/t48?,49-,55-,61?,65-,74-,81-/m0/s1. The van der Waals surface area contributed by atoms with Crippen LogP contribution in [-0.4, -0.2) is 174 Å². The van der Waals surface area contributed by atoms with Crippen molar-refractivity contribution < 1.29 is 76.7 Å². The number of aromatic nitrogens is 3. The lowest BCUT2D eigenvalue weighted by Gasteiger charge is -2.32. The molecule has 29 nitrogen and oxygen atoms in total. The van der Waals surface area contributed by atoms with Crippen LogP contribution in [0.3, 0.4) is 0 Å². The fourth-order valence-electron chi connectivity index (χ4n) is 16.0. The molecule has 1 spiro atoms. The number of hydrogen-bond acceptors (Lipinski definition) is 19. The number of anilines is 4. The maximum absolute atomic E-state index is 14.6. The molecule has 7 aliphatic rings. The number of hydrogen-bond donors (Lipinski definition) is 7. The lowest BCUT2D eigenvalue weighted by Crippen LogP contribution is -2.55. The molecular formula is C84H95N13O16. The highest BCUT2D eigenvalue weighted by molar-refractivity contribution is 6.07. The number of carbonyl (C=O) groups excluding carboxylic acids is 9. The summed E-state index contributed by atoms with van der Waals surface area (Å²) in [5.74, 6) is -1.64. The van der Waals surface area contributed by atoms with Crippen molar-refractivity contribution in [2.75, 3.05) is 81.2 Å². The minimum Gasteiger partial charge on any atom is -0.497 e. The van der Waals surface area contributed by atoms with E-state index in [0.717, 1.165) is 69.1 Å². The Bertz CT molecular complexity index is 4900. The van der Waals surface area contributed by atoms with Gasteiger partial charge in [0.25, 0.3) is 11.8 Å². The second-order valence-corrected chi connectivity index (χ2v) is 31.1. The smallest absolute Gasteiger partial charge is 0.416 e. The van der Waals surface area contributed by atoms with Gasteiger partial charge in [0.05, 0.1) is 106 Å². The number of ether oxygens (including phenoxy) is 6. The fraction of sp³-hybridized carbons (Fsp3) is 0.417. The molecule has 113 heavy (non-hydrogen) atoms. The van der Waals surface area contributed by atoms with E-state index in [4.69, 9.17) is 38.7 Å². The van der Waals surface area contributed by atoms with Crippen molar-refractivity contribution in [2.24, 2.45) is 23.2 Å². The van der Waals surface area contributed by atoms with E-state index in [2.05, 4.69) is 52.7 Å². The zero-order valence-electron chi connectivity index (χ0n) is 64.8. The molecule has 29 heteroatoms. The first kappa shape index (κ1) is 77.7. The summed E-state index contributed by atoms with van der Waals surface area (Å²) in [7, 11) is 4.57. The summed E-state index contributed by atoms with van der Waals surface area (Å²) in [6.45, 7) is 11.5. The highest BCUT2D eigenvalue weighted by Crippen LogP contribution is 2.57. The van der Waals surface area contributed by atoms with Crippen molar-refractivity contribution in [2.45, 2.75) is 142 Å². The Morgan fingerprint density at radius 3 is 2.08 bits per heavy atom. The van der Waals surface area contributed by atoms with Crippen LogP contribution < -0.4 is 65.4 Å². The Morgan fingerprint density at radius 1 is 0.717 bits per heavy atom. The number of nitrogens with one attached hydrogen (secondary N) is 6. The number of amides is 9. The van der Waals surface area contributed by atoms with Gasteiger partial charge in [0.1, 0.15) is 30.1 Å². The molecule has 1 saturated heterocycles. The van der Waals surface area contributed by atoms with Crippen LogP contribution >= 0.6 is 0 Å². The zero-order chi connectivity index (χ0) is 79.7. The molecule has 592 valence electrons. The number of fused-ring (bicyclic) bond motifs is 9. The lowest BCUT2D eigenvalue weighted by molar-refractivity contribution is -0.132. The first-order valence-corrected chi connectivity index (χ1v) is 38.4. The average Bonchev–Trinajstić information content (AvgIpc) is 1.58. The van der Waals surface area contributed by atoms with E-state index in [-0.39, 0.29) is 96.7 Å². The van der Waals surface area contributed by atoms with Gasteiger partial charge in [-0.2, -0.15) is 0 Å². The Kier molecular flexibility index (Phi) is 22.3. The summed E-state index contributed by atoms with van der Waals surface area (Å²) in [5, 5.41) is 38.2. The number of benzene rings is 6. The first-order chi connectivity index (χ1) is 54.3. The SMILES string of the molecule is COc1ccc(C2=CN3C(=O)c4cc(OC)c(OCCCOc5cc6c(cc5OC)C(=O)N5CC7(CC7)C[C@H]5[C@H](O)N6C(=O)OCc5ccc(NC(=O)[C@H](C)NC(=O)[C@@H](NC(=O)CNC(=O)CNC(=O)CCC(=O)N6Cc7ccccc7-c7nnn(C(C)(C)C8CC8C)c7-c7ccccc76)C(C)C)cc5)cc4NC[C@@H]3C2)cc1. The van der Waals surface area contributed by atoms with Gasteiger partial charge in [-0.1, -0.05) is 92.7 Å². The second kappa shape index (κ2) is 32.4. The van der Waals surface area contributed by atoms with Crippen molar-refractivity contribution in [1.82, 2.24) is 46.1 Å². The Labute approximate surface area is 654 Å². The molecule has 0 bridgehead atoms. The molecule has 6 aromatic carbocycles. The summed E-state index contributed by atoms with van der Waals surface area (Å²) >= 11 is 0. The van der Waals surface area contributed by atoms with Gasteiger partial charge >= 0.3 is 6.09 Å². The lowest BCUT2D eigenvalue weighted by atomic mass is 9.92. The molecule has 1 aromatic heterocycles. The number of rotatable bonds is 27. The summed E-state index contributed by atoms with van der Waals surface area (Å²) in [6.07, 6.45) is 3.41. The third-order valence-corrected chi connectivity index (χ3v) is 22.7. The summed E-state index contributed by atoms with van der Waals surface area (Å²) in [6, 6.07) is 33.0. The van der Waals surface area contributed by atoms with Crippen LogP contribution in [0, 0.1) is 23.2 Å². The van der Waals surface area contributed by atoms with E-state index in [9.17, 15) is 48.3 Å². The molecule has 2 saturated carbocycles. The van der Waals surface area contributed by atoms with E-state index in [1.54, 1.807) is 72.1 Å². The van der Waals surface area contributed by atoms with E-state index in [1.165, 1.54) is 33.3 Å². The van der Waals surface area contributed by atoms with Crippen LogP contribution in [0.25, 0.3) is 28.1 Å². The molecule has 7 atom stereocenters. The Hall–Kier alpha value is -12.0. The van der Waals surface area contributed by atoms with Crippen LogP contribution in [0.4, 0.5) is 27.5 Å². The molecular weight excluding hydrogens is 1450 g/mol. The van der Waals surface area contributed by atoms with Crippen molar-refractivity contribution >= 4 is 81.7 Å². The largest absolute Gasteiger partial charge is 0.497 e. The molecule has 2 unspecified atom stereocenters. The monoisotopic (exact) mass is 1540 g/mol. The maximum atomic E-state index is 14.6. The Balaban J connectivity index is 0.539. The number of methoxy groups -OCH3 is 3. The topological polar surface area (TPSA) is 345 Å². The molecule has 7 aromatic rings. The first-order valence-electron chi connectivity index (χ1n) is 38.4. The highest BCUT2D eigenvalue weighted by Gasteiger charge is 2.58. The van der Waals surface area contributed by atoms with Crippen molar-refractivity contribution in [3.8, 4) is 51.3 Å². The second-order valence-electron chi connectivity index (χ2n) is 31.1. The molecule has 2 aliphatic carbocycles. The maximum Gasteiger partial charge on any atom is 0.416 e. The van der Waals surface area contributed by atoms with Crippen LogP contribution in [0.15, 0.2) is 128 Å². The molecule has 3 fully saturated rings. The van der Waals surface area contributed by atoms with Crippen molar-refractivity contribution in [1.29, 1.82) is 0 Å². The predicted octanol–water partition coefficient (Wildman–Crippen LogP) is 9.17. The van der Waals surface area contributed by atoms with E-state index >= 15 is 0 Å². The molecule has 9 amide bonds. The van der Waals surface area contributed by atoms with Gasteiger partial charge in [-0.05, 0) is 141 Å². The molecule has 0 radical (unpaired) electrons. The number of aliphatic hydroxyl groups excluding tert-OH is 1. The minimum atomic E-state index is -1.50. The van der Waals surface area contributed by atoms with Gasteiger partial charge in [-0.15, -0.1) is 5.10 Å². The highest BCUT2D eigenvalue weighted by atomic mass is 16.6. The van der Waals surface area contributed by atoms with Gasteiger partial charge < -0.3 is 80.1 Å². The van der Waals surface area contributed by atoms with Gasteiger partial charge in [0.2, 0.25) is 35.4 Å². The summed E-state index contributed by atoms with van der Waals surface area (Å²) in [5.41, 5.74) is 8.33. The third kappa shape index (κ3) is 16.3. The summed E-state index contributed by atoms with van der Waals surface area (Å²) in [4.78, 5) is 130. The molecule has 5 aliphatic heterocycles. The van der Waals surface area contributed by atoms with Crippen molar-refractivity contribution in [3.63, 3.8) is 0 Å². The fourth-order valence-corrected chi connectivity index (χ4v) is 16.0. The average molecular weight is 1540 g/mol. The normalized spacial score (nSPS) is 19.2. The number of nitrogens with zero attached hydrogens (tertiary/aromatic N) is 7. The number of carbonyl (C=O) groups is 9. The van der Waals surface area contributed by atoms with Crippen molar-refractivity contribution in [3.05, 3.63) is 155 Å². The van der Waals surface area contributed by atoms with Crippen LogP contribution in [0.1, 0.15) is 130 Å². The van der Waals surface area contributed by atoms with Gasteiger partial charge in [0, 0.05) is 67.5 Å². The van der Waals surface area contributed by atoms with Gasteiger partial charge in [0.15, 0.2) is 29.2 Å². The third-order valence-electron chi connectivity index (χ3n) is 22.7. The van der Waals surface area contributed by atoms with E-state index < -0.39 is 79.0 Å². The van der Waals surface area contributed by atoms with E-state index in [1.807, 2.05) is 83.7 Å². The quantitative estimate of drug-likeness (QED) is 0.0236. The predicted molar refractivity (Wildman–Crippen MR) is 419 cm³/mol. The van der Waals surface area contributed by atoms with Gasteiger partial charge in [-0.25, -0.2) is 14.4 Å². The minimum absolute atomic E-state index is 0.0561. The molecule has 7 N–H and O–H groups in total. The molecule has 14 rings (SSSR count). The molecule has 6 heterocycles. The number of aliphatic hydroxyl groups is 1. The van der Waals surface area contributed by atoms with Gasteiger partial charge in [-0.3, -0.25) is 38.4 Å². The van der Waals surface area contributed by atoms with Crippen LogP contribution in [-0.2, 0) is 52.2 Å². The van der Waals surface area contributed by atoms with Crippen LogP contribution in [0.5, 0.6) is 28.7 Å². The zero-order valence-corrected chi connectivity index (χ0v) is 64.8. The summed E-state index contributed by atoms with van der Waals surface area (Å²) < 4.78 is 37.3. The van der Waals surface area contributed by atoms with Crippen LogP contribution in [0.2, 0.25) is 0 Å².